The monoisotopic (exact) mass is 1120 g/mol. The summed E-state index contributed by atoms with van der Waals surface area (Å²) in [6.07, 6.45) is 7.99. The van der Waals surface area contributed by atoms with Crippen LogP contribution in [0.1, 0.15) is 114 Å². The third-order valence-corrected chi connectivity index (χ3v) is 19.2. The number of hydrogen-bond acceptors (Lipinski definition) is 17. The van der Waals surface area contributed by atoms with Crippen molar-refractivity contribution in [3.05, 3.63) is 83.2 Å². The van der Waals surface area contributed by atoms with Gasteiger partial charge in [-0.25, -0.2) is 4.98 Å². The summed E-state index contributed by atoms with van der Waals surface area (Å²) in [7, 11) is 0. The number of amides is 2. The van der Waals surface area contributed by atoms with E-state index in [1.54, 1.807) is 28.4 Å². The second kappa shape index (κ2) is 24.8. The van der Waals surface area contributed by atoms with Gasteiger partial charge in [0.15, 0.2) is 17.4 Å². The molecule has 5 atom stereocenters. The normalized spacial score (nSPS) is 24.2. The number of piperidine rings is 3. The summed E-state index contributed by atoms with van der Waals surface area (Å²) in [6, 6.07) is 18.2. The molecule has 11 rings (SSSR count). The molecule has 1 unspecified atom stereocenters. The zero-order chi connectivity index (χ0) is 56.4. The highest BCUT2D eigenvalue weighted by Crippen LogP contribution is 2.39. The lowest BCUT2D eigenvalue weighted by atomic mass is 9.82. The number of hydrogen-bond donors (Lipinski definition) is 4. The van der Waals surface area contributed by atoms with E-state index in [-0.39, 0.29) is 54.1 Å². The van der Waals surface area contributed by atoms with Gasteiger partial charge in [0.2, 0.25) is 11.8 Å². The number of nitrogens with one attached hydrogen (secondary N) is 1. The average Bonchev–Trinajstić information content (AvgIpc) is 4.30. The maximum Gasteiger partial charge on any atom is 0.243 e. The standard InChI is InChI=1S/C62H81N11O7S/c1-39(2)57(61(77)73-36-47(74)32-53(73)60(76)65-41(4)45-12-14-46(15-13-45)58-42(5)64-38-81-58)55-34-56(68-80-55)71-24-16-43(17-25-71)35-69-22-18-48(19-23-69)79-49-30-44(31-49)11-10-40(3)72-28-29-78-62(37-72)20-26-70(27-21-62)52-33-51(66-67-59(52)63)50-8-6-7-9-54(50)75/h6-9,12-15,33-34,38-41,43-44,47-49,53,57,74-75H,16-32,35-37H2,1-5H3,(H2,63,67)(H,65,76)/t40?,41-,44-,47+,49-,53-,57+/m0/s1. The molecule has 5 N–H and O–H groups in total. The SMILES string of the molecule is Cc1ncsc1-c1ccc([C@H](C)NC(=O)[C@@H]2C[C@@H](O)CN2C(=O)[C@@H](c2cc(N3CCC(CN4CCC(O[C@H]5C[C@H](C#CC(C)N6CCOC7(CCN(c8cc(-c9ccccc9O)nnc8N)CC7)C6)C5)CC4)CC3)no2)C(C)C)cc1. The number of carbonyl (C=O) groups excluding carboxylic acids is 2. The van der Waals surface area contributed by atoms with Gasteiger partial charge >= 0.3 is 0 Å². The van der Waals surface area contributed by atoms with Crippen LogP contribution in [0.4, 0.5) is 17.3 Å². The minimum absolute atomic E-state index is 0.0880. The van der Waals surface area contributed by atoms with Crippen molar-refractivity contribution in [3.63, 3.8) is 0 Å². The molecule has 3 aromatic heterocycles. The van der Waals surface area contributed by atoms with Gasteiger partial charge in [0.1, 0.15) is 17.7 Å². The molecular weight excluding hydrogens is 1040 g/mol. The van der Waals surface area contributed by atoms with Crippen molar-refractivity contribution in [1.82, 2.24) is 40.4 Å². The number of anilines is 3. The molecule has 1 aliphatic carbocycles. The van der Waals surface area contributed by atoms with Crippen LogP contribution >= 0.6 is 11.3 Å². The number of ether oxygens (including phenoxy) is 2. The Bertz CT molecular complexity index is 3020. The highest BCUT2D eigenvalue weighted by molar-refractivity contribution is 7.13. The fourth-order valence-electron chi connectivity index (χ4n) is 13.2. The summed E-state index contributed by atoms with van der Waals surface area (Å²) in [4.78, 5) is 44.9. The quantitative estimate of drug-likeness (QED) is 0.0741. The number of aromatic hydroxyl groups is 1. The number of nitrogens with zero attached hydrogens (tertiary/aromatic N) is 9. The van der Waals surface area contributed by atoms with Crippen LogP contribution in [0.5, 0.6) is 5.75 Å². The van der Waals surface area contributed by atoms with Gasteiger partial charge in [-0.3, -0.25) is 14.5 Å². The molecule has 18 nitrogen and oxygen atoms in total. The number of phenolic OH excluding ortho intramolecular Hbond substituents is 1. The number of nitrogens with two attached hydrogens (primary N) is 1. The third-order valence-electron chi connectivity index (χ3n) is 18.2. The number of morpholine rings is 1. The molecule has 81 heavy (non-hydrogen) atoms. The first-order valence-corrected chi connectivity index (χ1v) is 30.5. The summed E-state index contributed by atoms with van der Waals surface area (Å²) < 4.78 is 19.1. The lowest BCUT2D eigenvalue weighted by Gasteiger charge is -2.48. The fourth-order valence-corrected chi connectivity index (χ4v) is 14.0. The third kappa shape index (κ3) is 12.9. The maximum absolute atomic E-state index is 14.4. The summed E-state index contributed by atoms with van der Waals surface area (Å²) in [5.41, 5.74) is 13.1. The minimum Gasteiger partial charge on any atom is -0.507 e. The molecule has 6 aliphatic rings. The van der Waals surface area contributed by atoms with E-state index < -0.39 is 18.1 Å². The van der Waals surface area contributed by atoms with E-state index in [4.69, 9.17) is 19.7 Å². The van der Waals surface area contributed by atoms with Crippen LogP contribution in [0.3, 0.4) is 0 Å². The Morgan fingerprint density at radius 3 is 2.38 bits per heavy atom. The average molecular weight is 1120 g/mol. The van der Waals surface area contributed by atoms with Gasteiger partial charge in [-0.05, 0) is 113 Å². The second-order valence-corrected chi connectivity index (χ2v) is 25.0. The van der Waals surface area contributed by atoms with E-state index in [9.17, 15) is 19.8 Å². The molecule has 6 fully saturated rings. The van der Waals surface area contributed by atoms with Crippen LogP contribution in [-0.4, -0.2) is 165 Å². The van der Waals surface area contributed by atoms with Crippen molar-refractivity contribution in [2.45, 2.75) is 140 Å². The van der Waals surface area contributed by atoms with Crippen molar-refractivity contribution >= 4 is 40.5 Å². The van der Waals surface area contributed by atoms with Crippen molar-refractivity contribution in [1.29, 1.82) is 0 Å². The Hall–Kier alpha value is -6.14. The molecule has 0 radical (unpaired) electrons. The van der Waals surface area contributed by atoms with Gasteiger partial charge < -0.3 is 54.9 Å². The Morgan fingerprint density at radius 1 is 0.914 bits per heavy atom. The van der Waals surface area contributed by atoms with Crippen LogP contribution in [0, 0.1) is 36.5 Å². The molecule has 5 saturated heterocycles. The number of para-hydroxylation sites is 1. The van der Waals surface area contributed by atoms with Crippen molar-refractivity contribution in [2.24, 2.45) is 17.8 Å². The molecule has 2 aromatic carbocycles. The van der Waals surface area contributed by atoms with Gasteiger partial charge in [-0.2, -0.15) is 0 Å². The first kappa shape index (κ1) is 56.7. The highest BCUT2D eigenvalue weighted by atomic mass is 32.1. The number of aromatic nitrogens is 4. The Morgan fingerprint density at radius 2 is 1.67 bits per heavy atom. The predicted molar refractivity (Wildman–Crippen MR) is 314 cm³/mol. The first-order chi connectivity index (χ1) is 39.2. The van der Waals surface area contributed by atoms with Gasteiger partial charge in [0.25, 0.3) is 0 Å². The zero-order valence-corrected chi connectivity index (χ0v) is 48.5. The number of rotatable bonds is 15. The van der Waals surface area contributed by atoms with Crippen molar-refractivity contribution in [3.8, 4) is 39.3 Å². The second-order valence-electron chi connectivity index (χ2n) is 24.2. The number of aliphatic hydroxyl groups is 1. The minimum atomic E-state index is -0.799. The molecule has 5 aliphatic heterocycles. The molecule has 5 aromatic rings. The van der Waals surface area contributed by atoms with E-state index in [1.165, 1.54) is 0 Å². The van der Waals surface area contributed by atoms with Gasteiger partial charge in [0, 0.05) is 89.4 Å². The lowest BCUT2D eigenvalue weighted by Crippen LogP contribution is -2.58. The Balaban J connectivity index is 0.584. The number of carbonyl (C=O) groups is 2. The van der Waals surface area contributed by atoms with Crippen LogP contribution < -0.4 is 20.9 Å². The maximum atomic E-state index is 14.4. The number of aliphatic hydroxyl groups excluding tert-OH is 1. The number of aryl methyl sites for hydroxylation is 1. The van der Waals surface area contributed by atoms with E-state index in [0.29, 0.717) is 53.5 Å². The molecule has 432 valence electrons. The number of phenols is 1. The molecular formula is C62H81N11O7S. The Labute approximate surface area is 480 Å². The number of nitrogen functional groups attached to an aromatic ring is 1. The molecule has 1 spiro atoms. The molecule has 0 bridgehead atoms. The van der Waals surface area contributed by atoms with E-state index >= 15 is 0 Å². The fraction of sp³-hybridized carbons (Fsp3) is 0.581. The predicted octanol–water partition coefficient (Wildman–Crippen LogP) is 7.67. The number of thiazole rings is 1. The number of likely N-dealkylation sites (tertiary alicyclic amines) is 2. The lowest BCUT2D eigenvalue weighted by molar-refractivity contribution is -0.141. The summed E-state index contributed by atoms with van der Waals surface area (Å²) in [5, 5.41) is 37.3. The molecule has 19 heteroatoms. The van der Waals surface area contributed by atoms with Crippen LogP contribution in [0.15, 0.2) is 70.7 Å². The van der Waals surface area contributed by atoms with E-state index in [1.807, 2.05) is 81.7 Å². The summed E-state index contributed by atoms with van der Waals surface area (Å²) in [5.74, 6) is 8.72. The van der Waals surface area contributed by atoms with Crippen LogP contribution in [0.2, 0.25) is 0 Å². The van der Waals surface area contributed by atoms with E-state index in [2.05, 4.69) is 64.0 Å². The molecule has 2 amide bonds. The highest BCUT2D eigenvalue weighted by Gasteiger charge is 2.45. The van der Waals surface area contributed by atoms with Crippen LogP contribution in [0.25, 0.3) is 21.7 Å². The van der Waals surface area contributed by atoms with E-state index in [0.717, 1.165) is 143 Å². The smallest absolute Gasteiger partial charge is 0.243 e. The Kier molecular flexibility index (Phi) is 17.3. The van der Waals surface area contributed by atoms with Crippen LogP contribution in [-0.2, 0) is 19.1 Å². The topological polar surface area (TPSA) is 212 Å². The molecule has 8 heterocycles. The van der Waals surface area contributed by atoms with Gasteiger partial charge in [-0.15, -0.1) is 21.5 Å². The first-order valence-electron chi connectivity index (χ1n) is 29.6. The largest absolute Gasteiger partial charge is 0.507 e. The number of β-amino-alcohol motifs (C(OH)–C–C–N with tert-alkyl or cyclic N) is 1. The molecule has 1 saturated carbocycles. The summed E-state index contributed by atoms with van der Waals surface area (Å²) in [6.45, 7) is 19.2. The van der Waals surface area contributed by atoms with Gasteiger partial charge in [-0.1, -0.05) is 67.2 Å². The summed E-state index contributed by atoms with van der Waals surface area (Å²) >= 11 is 1.60. The van der Waals surface area contributed by atoms with Crippen molar-refractivity contribution < 1.29 is 33.8 Å². The van der Waals surface area contributed by atoms with Crippen molar-refractivity contribution in [2.75, 3.05) is 87.6 Å². The number of benzene rings is 2. The van der Waals surface area contributed by atoms with Gasteiger partial charge in [0.05, 0.1) is 70.1 Å². The zero-order valence-electron chi connectivity index (χ0n) is 47.7.